The normalized spacial score (nSPS) is 16.7. The van der Waals surface area contributed by atoms with Gasteiger partial charge in [0.1, 0.15) is 0 Å². The van der Waals surface area contributed by atoms with Crippen molar-refractivity contribution in [2.45, 2.75) is 64.2 Å². The number of rotatable bonds is 9. The Morgan fingerprint density at radius 3 is 1.51 bits per heavy atom. The van der Waals surface area contributed by atoms with Crippen LogP contribution in [0.1, 0.15) is 89.5 Å². The minimum atomic E-state index is -0.106. The molecule has 0 saturated heterocycles. The first-order valence-corrected chi connectivity index (χ1v) is 16.6. The number of anilines is 3. The molecule has 0 spiro atoms. The van der Waals surface area contributed by atoms with Crippen LogP contribution in [0, 0.1) is 0 Å². The standard InChI is InChI=1S/C44H43N/c1-5-43(6-2)39-22-16-15-21-37(39)41-42(43)38-30-27-33(31-40(38)44(41,7-3)8-4)24-23-32-25-28-36(29-26-32)45(34-17-11-9-12-18-34)35-19-13-10-14-20-35/h9-31H,5-8H2,1-4H3/b24-23+/i23D,24D. The van der Waals surface area contributed by atoms with Crippen molar-refractivity contribution >= 4 is 40.3 Å². The number of benzene rings is 5. The highest BCUT2D eigenvalue weighted by molar-refractivity contribution is 6.10. The molecule has 0 aliphatic heterocycles. The molecule has 45 heavy (non-hydrogen) atoms. The zero-order chi connectivity index (χ0) is 32.8. The van der Waals surface area contributed by atoms with Gasteiger partial charge in [-0.1, -0.05) is 131 Å². The second kappa shape index (κ2) is 11.7. The van der Waals surface area contributed by atoms with Crippen molar-refractivity contribution < 1.29 is 2.74 Å². The lowest BCUT2D eigenvalue weighted by Crippen LogP contribution is -2.25. The number of nitrogens with zero attached hydrogens (tertiary/aromatic N) is 1. The third kappa shape index (κ3) is 4.52. The van der Waals surface area contributed by atoms with Crippen LogP contribution in [0.15, 0.2) is 127 Å². The summed E-state index contributed by atoms with van der Waals surface area (Å²) in [6.45, 7) is 9.31. The van der Waals surface area contributed by atoms with Gasteiger partial charge in [-0.2, -0.15) is 0 Å². The van der Waals surface area contributed by atoms with Crippen LogP contribution in [0.2, 0.25) is 0 Å². The van der Waals surface area contributed by atoms with Gasteiger partial charge >= 0.3 is 0 Å². The molecule has 5 aromatic carbocycles. The molecule has 1 nitrogen and oxygen atoms in total. The monoisotopic (exact) mass is 587 g/mol. The Bertz CT molecular complexity index is 1940. The van der Waals surface area contributed by atoms with E-state index in [0.29, 0.717) is 0 Å². The summed E-state index contributed by atoms with van der Waals surface area (Å²) in [6.07, 6.45) is 4.13. The topological polar surface area (TPSA) is 3.24 Å². The average molecular weight is 588 g/mol. The largest absolute Gasteiger partial charge is 0.311 e. The highest BCUT2D eigenvalue weighted by Gasteiger charge is 2.54. The number of allylic oxidation sites excluding steroid dienone is 2. The van der Waals surface area contributed by atoms with E-state index >= 15 is 0 Å². The van der Waals surface area contributed by atoms with E-state index in [1.54, 1.807) is 0 Å². The van der Waals surface area contributed by atoms with Crippen LogP contribution in [-0.2, 0) is 10.8 Å². The molecule has 0 fully saturated rings. The molecule has 5 aromatic rings. The molecule has 0 bridgehead atoms. The lowest BCUT2D eigenvalue weighted by molar-refractivity contribution is 0.518. The molecule has 2 aliphatic rings. The second-order valence-corrected chi connectivity index (χ2v) is 12.4. The van der Waals surface area contributed by atoms with Crippen LogP contribution >= 0.6 is 0 Å². The fraction of sp³-hybridized carbons (Fsp3) is 0.227. The fourth-order valence-corrected chi connectivity index (χ4v) is 8.30. The van der Waals surface area contributed by atoms with Crippen molar-refractivity contribution in [3.8, 4) is 0 Å². The Balaban J connectivity index is 1.28. The Hall–Kier alpha value is -4.62. The van der Waals surface area contributed by atoms with Crippen molar-refractivity contribution in [3.63, 3.8) is 0 Å². The summed E-state index contributed by atoms with van der Waals surface area (Å²) in [5, 5.41) is 0. The van der Waals surface area contributed by atoms with Gasteiger partial charge in [0.2, 0.25) is 0 Å². The zero-order valence-electron chi connectivity index (χ0n) is 28.9. The second-order valence-electron chi connectivity index (χ2n) is 12.4. The summed E-state index contributed by atoms with van der Waals surface area (Å²) in [5.41, 5.74) is 13.2. The molecular formula is C44H43N. The van der Waals surface area contributed by atoms with Gasteiger partial charge in [-0.25, -0.2) is 0 Å². The van der Waals surface area contributed by atoms with Crippen LogP contribution in [-0.4, -0.2) is 0 Å². The molecule has 0 aromatic heterocycles. The maximum absolute atomic E-state index is 9.26. The Morgan fingerprint density at radius 2 is 0.933 bits per heavy atom. The number of para-hydroxylation sites is 2. The van der Waals surface area contributed by atoms with E-state index in [0.717, 1.165) is 53.9 Å². The smallest absolute Gasteiger partial charge is 0.0629 e. The molecule has 0 atom stereocenters. The summed E-state index contributed by atoms with van der Waals surface area (Å²) in [7, 11) is 0. The van der Waals surface area contributed by atoms with Crippen molar-refractivity contribution in [2.75, 3.05) is 4.90 Å². The molecule has 224 valence electrons. The van der Waals surface area contributed by atoms with Gasteiger partial charge in [-0.3, -0.25) is 0 Å². The average Bonchev–Trinajstić information content (AvgIpc) is 3.60. The first-order valence-electron chi connectivity index (χ1n) is 17.6. The summed E-state index contributed by atoms with van der Waals surface area (Å²) in [4.78, 5) is 2.21. The molecule has 2 aliphatic carbocycles. The fourth-order valence-electron chi connectivity index (χ4n) is 8.30. The van der Waals surface area contributed by atoms with E-state index in [1.807, 2.05) is 48.5 Å². The number of fused-ring (bicyclic) bond motifs is 4. The van der Waals surface area contributed by atoms with Gasteiger partial charge in [0.15, 0.2) is 0 Å². The predicted molar refractivity (Wildman–Crippen MR) is 194 cm³/mol. The van der Waals surface area contributed by atoms with E-state index in [4.69, 9.17) is 1.37 Å². The minimum Gasteiger partial charge on any atom is -0.311 e. The maximum Gasteiger partial charge on any atom is 0.0629 e. The van der Waals surface area contributed by atoms with Gasteiger partial charge in [0.05, 0.1) is 2.74 Å². The molecule has 0 N–H and O–H groups in total. The third-order valence-corrected chi connectivity index (χ3v) is 10.6. The van der Waals surface area contributed by atoms with Gasteiger partial charge in [-0.05, 0) is 107 Å². The molecule has 0 amide bonds. The summed E-state index contributed by atoms with van der Waals surface area (Å²) in [6, 6.07) is 44.9. The van der Waals surface area contributed by atoms with Crippen LogP contribution in [0.3, 0.4) is 0 Å². The third-order valence-electron chi connectivity index (χ3n) is 10.6. The molecular weight excluding hydrogens is 542 g/mol. The van der Waals surface area contributed by atoms with E-state index in [1.165, 1.54) is 33.4 Å². The van der Waals surface area contributed by atoms with Crippen molar-refractivity contribution in [2.24, 2.45) is 0 Å². The molecule has 1 heteroatoms. The van der Waals surface area contributed by atoms with E-state index in [-0.39, 0.29) is 22.9 Å². The van der Waals surface area contributed by atoms with E-state index in [9.17, 15) is 1.37 Å². The summed E-state index contributed by atoms with van der Waals surface area (Å²) < 4.78 is 18.4. The summed E-state index contributed by atoms with van der Waals surface area (Å²) >= 11 is 0. The van der Waals surface area contributed by atoms with Gasteiger partial charge in [-0.15, -0.1) is 0 Å². The summed E-state index contributed by atoms with van der Waals surface area (Å²) in [5.74, 6) is 0. The van der Waals surface area contributed by atoms with Gasteiger partial charge in [0.25, 0.3) is 0 Å². The highest BCUT2D eigenvalue weighted by Crippen LogP contribution is 2.66. The SMILES string of the molecule is [2H]/C(=C(/[2H])c1ccc2c(c1)C(CC)(CC)C1=C2C(CC)(CC)c2ccccc21)c1ccc(N(c2ccccc2)c2ccccc2)cc1. The van der Waals surface area contributed by atoms with Crippen LogP contribution < -0.4 is 4.90 Å². The Morgan fingerprint density at radius 1 is 0.489 bits per heavy atom. The minimum absolute atomic E-state index is 0.00360. The van der Waals surface area contributed by atoms with Crippen LogP contribution in [0.5, 0.6) is 0 Å². The lowest BCUT2D eigenvalue weighted by Gasteiger charge is -2.34. The molecule has 0 heterocycles. The number of hydrogen-bond acceptors (Lipinski definition) is 1. The van der Waals surface area contributed by atoms with E-state index in [2.05, 4.69) is 111 Å². The van der Waals surface area contributed by atoms with Crippen LogP contribution in [0.25, 0.3) is 23.3 Å². The van der Waals surface area contributed by atoms with Gasteiger partial charge < -0.3 is 4.90 Å². The lowest BCUT2D eigenvalue weighted by atomic mass is 9.69. The van der Waals surface area contributed by atoms with E-state index < -0.39 is 0 Å². The number of hydrogen-bond donors (Lipinski definition) is 0. The highest BCUT2D eigenvalue weighted by atomic mass is 15.1. The first kappa shape index (κ1) is 26.8. The predicted octanol–water partition coefficient (Wildman–Crippen LogP) is 12.4. The zero-order valence-corrected chi connectivity index (χ0v) is 26.9. The van der Waals surface area contributed by atoms with Crippen molar-refractivity contribution in [1.82, 2.24) is 0 Å². The molecule has 0 saturated carbocycles. The van der Waals surface area contributed by atoms with Gasteiger partial charge in [0, 0.05) is 27.9 Å². The Labute approximate surface area is 272 Å². The first-order chi connectivity index (χ1) is 22.9. The molecule has 7 rings (SSSR count). The molecule has 0 unspecified atom stereocenters. The van der Waals surface area contributed by atoms with Crippen molar-refractivity contribution in [3.05, 3.63) is 161 Å². The van der Waals surface area contributed by atoms with Crippen LogP contribution in [0.4, 0.5) is 17.1 Å². The Kier molecular flexibility index (Phi) is 6.96. The van der Waals surface area contributed by atoms with Crippen molar-refractivity contribution in [1.29, 1.82) is 0 Å². The quantitative estimate of drug-likeness (QED) is 0.155. The maximum atomic E-state index is 9.26. The molecule has 0 radical (unpaired) electrons.